The molecule has 2 fully saturated rings. The zero-order valence-electron chi connectivity index (χ0n) is 14.7. The number of alkyl halides is 1. The van der Waals surface area contributed by atoms with Crippen LogP contribution in [0.5, 0.6) is 0 Å². The Morgan fingerprint density at radius 3 is 2.45 bits per heavy atom. The Balaban J connectivity index is 2.20. The van der Waals surface area contributed by atoms with Crippen molar-refractivity contribution in [1.82, 2.24) is 9.55 Å². The number of nitrogen functional groups attached to an aromatic ring is 1. The van der Waals surface area contributed by atoms with Gasteiger partial charge in [-0.3, -0.25) is 4.57 Å². The van der Waals surface area contributed by atoms with Gasteiger partial charge in [-0.1, -0.05) is 0 Å². The molecule has 0 saturated carbocycles. The number of aliphatic hydroxyl groups excluding tert-OH is 4. The zero-order valence-corrected chi connectivity index (χ0v) is 16.2. The molecule has 14 heteroatoms. The molecule has 2 aliphatic heterocycles. The first-order valence-electron chi connectivity index (χ1n) is 8.33. The molecular formula is C15H19BrN4O9. The van der Waals surface area contributed by atoms with Crippen molar-refractivity contribution in [1.29, 1.82) is 5.26 Å². The van der Waals surface area contributed by atoms with Crippen molar-refractivity contribution in [2.45, 2.75) is 46.4 Å². The molecule has 29 heavy (non-hydrogen) atoms. The van der Waals surface area contributed by atoms with E-state index in [9.17, 15) is 40.7 Å². The third-order valence-corrected chi connectivity index (χ3v) is 6.41. The standard InChI is InChI=1S/C15H19BrN4O9/c16-15(27)13(5-17,20-2-1-8(18)19-12(20)25)29-7(4-22)14(15,26)11-10(24)9(23)6(3-21)28-11/h1-2,6-7,9-11,21-24,26-27H,3-4H2,(H2,18,19,25)/t6-,7-,9-,10+,11?,13-,14+,15+/m1/s1. The van der Waals surface area contributed by atoms with Crippen LogP contribution in [-0.4, -0.2) is 94.0 Å². The van der Waals surface area contributed by atoms with Crippen LogP contribution in [0.25, 0.3) is 0 Å². The van der Waals surface area contributed by atoms with Crippen molar-refractivity contribution in [2.75, 3.05) is 18.9 Å². The number of aromatic nitrogens is 2. The predicted molar refractivity (Wildman–Crippen MR) is 95.0 cm³/mol. The fraction of sp³-hybridized carbons (Fsp3) is 0.667. The number of anilines is 1. The van der Waals surface area contributed by atoms with Gasteiger partial charge in [-0.2, -0.15) is 10.2 Å². The van der Waals surface area contributed by atoms with Gasteiger partial charge in [0.05, 0.1) is 13.2 Å². The van der Waals surface area contributed by atoms with Crippen LogP contribution in [0.3, 0.4) is 0 Å². The van der Waals surface area contributed by atoms with E-state index in [0.29, 0.717) is 4.57 Å². The largest absolute Gasteiger partial charge is 0.394 e. The molecule has 1 aromatic rings. The lowest BCUT2D eigenvalue weighted by Crippen LogP contribution is -2.68. The monoisotopic (exact) mass is 478 g/mol. The maximum absolute atomic E-state index is 12.3. The van der Waals surface area contributed by atoms with E-state index in [1.807, 2.05) is 0 Å². The summed E-state index contributed by atoms with van der Waals surface area (Å²) in [5, 5.41) is 71.9. The molecule has 1 aromatic heterocycles. The van der Waals surface area contributed by atoms with Gasteiger partial charge in [-0.05, 0) is 22.0 Å². The summed E-state index contributed by atoms with van der Waals surface area (Å²) in [4.78, 5) is 15.8. The lowest BCUT2D eigenvalue weighted by molar-refractivity contribution is -0.198. The number of nitrogens with zero attached hydrogens (tertiary/aromatic N) is 3. The first kappa shape index (κ1) is 22.0. The Bertz CT molecular complexity index is 891. The van der Waals surface area contributed by atoms with Crippen molar-refractivity contribution in [3.8, 4) is 6.07 Å². The number of ether oxygens (including phenoxy) is 2. The van der Waals surface area contributed by atoms with Gasteiger partial charge >= 0.3 is 5.69 Å². The topological polar surface area (TPSA) is 225 Å². The molecule has 0 radical (unpaired) electrons. The number of halogens is 1. The summed E-state index contributed by atoms with van der Waals surface area (Å²) in [5.41, 5.74) is -1.17. The number of aliphatic hydroxyl groups is 6. The molecule has 2 saturated heterocycles. The van der Waals surface area contributed by atoms with Gasteiger partial charge in [-0.25, -0.2) is 4.79 Å². The Morgan fingerprint density at radius 2 is 1.97 bits per heavy atom. The predicted octanol–water partition coefficient (Wildman–Crippen LogP) is -4.31. The zero-order chi connectivity index (χ0) is 21.8. The number of hydrogen-bond donors (Lipinski definition) is 7. The van der Waals surface area contributed by atoms with E-state index >= 15 is 0 Å². The first-order chi connectivity index (χ1) is 13.5. The Morgan fingerprint density at radius 1 is 1.31 bits per heavy atom. The molecule has 13 nitrogen and oxygen atoms in total. The molecule has 2 aliphatic rings. The van der Waals surface area contributed by atoms with Gasteiger partial charge in [0.15, 0.2) is 5.60 Å². The van der Waals surface area contributed by atoms with E-state index in [1.165, 1.54) is 0 Å². The lowest BCUT2D eigenvalue weighted by Gasteiger charge is -2.42. The van der Waals surface area contributed by atoms with E-state index in [2.05, 4.69) is 20.9 Å². The van der Waals surface area contributed by atoms with Crippen LogP contribution in [0.4, 0.5) is 5.82 Å². The van der Waals surface area contributed by atoms with E-state index < -0.39 is 65.3 Å². The normalized spacial score (nSPS) is 44.7. The van der Waals surface area contributed by atoms with Crippen molar-refractivity contribution in [3.63, 3.8) is 0 Å². The highest BCUT2D eigenvalue weighted by Crippen LogP contribution is 2.56. The van der Waals surface area contributed by atoms with E-state index in [1.54, 1.807) is 6.07 Å². The Kier molecular flexibility index (Phi) is 5.49. The second kappa shape index (κ2) is 7.23. The fourth-order valence-corrected chi connectivity index (χ4v) is 4.55. The van der Waals surface area contributed by atoms with E-state index in [0.717, 1.165) is 12.3 Å². The Labute approximate surface area is 171 Å². The summed E-state index contributed by atoms with van der Waals surface area (Å²) in [6.07, 6.45) is -7.49. The summed E-state index contributed by atoms with van der Waals surface area (Å²) >= 11 is 2.81. The van der Waals surface area contributed by atoms with Crippen LogP contribution in [0.15, 0.2) is 17.1 Å². The molecule has 0 bridgehead atoms. The van der Waals surface area contributed by atoms with Gasteiger partial charge in [-0.15, -0.1) is 0 Å². The summed E-state index contributed by atoms with van der Waals surface area (Å²) in [6, 6.07) is 2.71. The van der Waals surface area contributed by atoms with Crippen LogP contribution < -0.4 is 11.4 Å². The third kappa shape index (κ3) is 2.75. The number of hydrogen-bond acceptors (Lipinski definition) is 12. The lowest BCUT2D eigenvalue weighted by atomic mass is 9.80. The number of rotatable bonds is 4. The highest BCUT2D eigenvalue weighted by atomic mass is 79.9. The average molecular weight is 479 g/mol. The summed E-state index contributed by atoms with van der Waals surface area (Å²) in [7, 11) is 0. The molecule has 3 heterocycles. The number of nitrogens with two attached hydrogens (primary N) is 1. The van der Waals surface area contributed by atoms with Gasteiger partial charge in [0.2, 0.25) is 4.51 Å². The molecule has 0 aromatic carbocycles. The van der Waals surface area contributed by atoms with Crippen molar-refractivity contribution < 1.29 is 40.1 Å². The van der Waals surface area contributed by atoms with Crippen molar-refractivity contribution >= 4 is 21.7 Å². The maximum Gasteiger partial charge on any atom is 0.352 e. The fourth-order valence-electron chi connectivity index (χ4n) is 3.70. The third-order valence-electron chi connectivity index (χ3n) is 5.24. The van der Waals surface area contributed by atoms with E-state index in [4.69, 9.17) is 15.2 Å². The quantitative estimate of drug-likeness (QED) is 0.204. The highest BCUT2D eigenvalue weighted by molar-refractivity contribution is 9.10. The van der Waals surface area contributed by atoms with Gasteiger partial charge in [0, 0.05) is 6.20 Å². The maximum atomic E-state index is 12.3. The average Bonchev–Trinajstić information content (AvgIpc) is 3.06. The second-order valence-corrected chi connectivity index (χ2v) is 7.90. The summed E-state index contributed by atoms with van der Waals surface area (Å²) in [5.74, 6) is -0.187. The molecule has 0 spiro atoms. The smallest absolute Gasteiger partial charge is 0.352 e. The minimum absolute atomic E-state index is 0.187. The van der Waals surface area contributed by atoms with Crippen LogP contribution >= 0.6 is 15.9 Å². The van der Waals surface area contributed by atoms with Crippen molar-refractivity contribution in [2.24, 2.45) is 0 Å². The van der Waals surface area contributed by atoms with Crippen LogP contribution in [-0.2, 0) is 15.2 Å². The minimum atomic E-state index is -2.88. The first-order valence-corrected chi connectivity index (χ1v) is 9.12. The molecule has 0 amide bonds. The number of nitriles is 1. The Hall–Kier alpha value is -1.67. The summed E-state index contributed by atoms with van der Waals surface area (Å²) in [6.45, 7) is -1.72. The van der Waals surface area contributed by atoms with Gasteiger partial charge < -0.3 is 45.8 Å². The molecular weight excluding hydrogens is 460 g/mol. The molecule has 3 rings (SSSR count). The molecule has 8 N–H and O–H groups in total. The second-order valence-electron chi connectivity index (χ2n) is 6.76. The van der Waals surface area contributed by atoms with E-state index in [-0.39, 0.29) is 5.82 Å². The molecule has 8 atom stereocenters. The SMILES string of the molecule is N#C[C@@]1(n2ccc(N)nc2=O)O[C@H](CO)[C@](O)(C2O[C@H](CO)[C@@H](O)[C@@H]2O)[C@]1(O)Br. The molecule has 160 valence electrons. The minimum Gasteiger partial charge on any atom is -0.394 e. The molecule has 1 unspecified atom stereocenters. The molecule has 0 aliphatic carbocycles. The van der Waals surface area contributed by atoms with Crippen LogP contribution in [0, 0.1) is 11.3 Å². The van der Waals surface area contributed by atoms with Gasteiger partial charge in [0.25, 0.3) is 5.72 Å². The summed E-state index contributed by atoms with van der Waals surface area (Å²) < 4.78 is 8.40. The van der Waals surface area contributed by atoms with Crippen molar-refractivity contribution in [3.05, 3.63) is 22.7 Å². The van der Waals surface area contributed by atoms with Crippen LogP contribution in [0.2, 0.25) is 0 Å². The highest BCUT2D eigenvalue weighted by Gasteiger charge is 2.79. The van der Waals surface area contributed by atoms with Crippen LogP contribution in [0.1, 0.15) is 0 Å². The van der Waals surface area contributed by atoms with Gasteiger partial charge in [0.1, 0.15) is 42.4 Å².